The molecular weight excluding hydrogens is 763 g/mol. The number of rotatable bonds is 6. The summed E-state index contributed by atoms with van der Waals surface area (Å²) >= 11 is 0. The normalized spacial score (nSPS) is 15.9. The van der Waals surface area contributed by atoms with E-state index in [1.54, 1.807) is 63.8 Å². The van der Waals surface area contributed by atoms with Gasteiger partial charge in [0.25, 0.3) is 0 Å². The van der Waals surface area contributed by atoms with Crippen LogP contribution in [0.5, 0.6) is 23.0 Å². The van der Waals surface area contributed by atoms with Gasteiger partial charge in [0.05, 0.1) is 39.0 Å². The largest absolute Gasteiger partial charge is 3.00 e. The molecule has 0 spiro atoms. The van der Waals surface area contributed by atoms with Gasteiger partial charge in [0.15, 0.2) is 0 Å². The zero-order valence-corrected chi connectivity index (χ0v) is 34.4. The number of imidazole rings is 2. The molecule has 14 nitrogen and oxygen atoms in total. The molecule has 0 saturated heterocycles. The van der Waals surface area contributed by atoms with Crippen LogP contribution >= 0.6 is 0 Å². The molecule has 298 valence electrons. The molecule has 1 saturated carbocycles. The van der Waals surface area contributed by atoms with Crippen molar-refractivity contribution in [2.45, 2.75) is 90.1 Å². The minimum absolute atomic E-state index is 0. The van der Waals surface area contributed by atoms with E-state index >= 15 is 0 Å². The van der Waals surface area contributed by atoms with E-state index in [0.29, 0.717) is 33.8 Å². The van der Waals surface area contributed by atoms with Crippen LogP contribution < -0.4 is 38.3 Å². The van der Waals surface area contributed by atoms with Gasteiger partial charge >= 0.3 is 16.8 Å². The van der Waals surface area contributed by atoms with E-state index in [1.807, 2.05) is 89.3 Å². The van der Waals surface area contributed by atoms with Gasteiger partial charge in [-0.05, 0) is 70.2 Å². The van der Waals surface area contributed by atoms with E-state index in [9.17, 15) is 10.2 Å². The third-order valence-electron chi connectivity index (χ3n) is 8.05. The number of methoxy groups -OCH3 is 2. The first kappa shape index (κ1) is 48.1. The molecule has 5 rings (SSSR count). The number of halogens is 1. The second kappa shape index (κ2) is 21.8. The van der Waals surface area contributed by atoms with Crippen molar-refractivity contribution in [2.75, 3.05) is 14.2 Å². The van der Waals surface area contributed by atoms with Crippen molar-refractivity contribution in [1.29, 1.82) is 0 Å². The molecule has 0 amide bonds. The molecule has 0 N–H and O–H groups in total. The third-order valence-corrected chi connectivity index (χ3v) is 8.05. The van der Waals surface area contributed by atoms with Gasteiger partial charge in [0, 0.05) is 51.3 Å². The van der Waals surface area contributed by atoms with Crippen LogP contribution in [-0.2, 0) is 41.7 Å². The molecular formula is C38H52ClCoN6O8. The van der Waals surface area contributed by atoms with Gasteiger partial charge in [0.1, 0.15) is 11.5 Å². The van der Waals surface area contributed by atoms with Crippen LogP contribution in [0.15, 0.2) is 71.7 Å². The predicted molar refractivity (Wildman–Crippen MR) is 190 cm³/mol. The molecule has 54 heavy (non-hydrogen) atoms. The number of hydrogen-bond donors (Lipinski definition) is 0. The number of aryl methyl sites for hydroxylation is 2. The van der Waals surface area contributed by atoms with Gasteiger partial charge in [-0.3, -0.25) is 9.98 Å². The zero-order valence-electron chi connectivity index (χ0n) is 32.6. The van der Waals surface area contributed by atoms with Crippen LogP contribution in [0.3, 0.4) is 0 Å². The van der Waals surface area contributed by atoms with Crippen molar-refractivity contribution >= 4 is 12.4 Å². The molecule has 0 bridgehead atoms. The minimum Gasteiger partial charge on any atom is -0.872 e. The van der Waals surface area contributed by atoms with Crippen molar-refractivity contribution in [3.8, 4) is 23.0 Å². The summed E-state index contributed by atoms with van der Waals surface area (Å²) in [4.78, 5) is 17.2. The maximum absolute atomic E-state index is 13.1. The van der Waals surface area contributed by atoms with Gasteiger partial charge in [-0.15, -0.1) is 10.2 Å². The van der Waals surface area contributed by atoms with Crippen LogP contribution in [0.2, 0.25) is 0 Å². The molecule has 1 aliphatic carbocycles. The molecule has 1 aliphatic rings. The molecule has 1 fully saturated rings. The number of benzene rings is 2. The van der Waals surface area contributed by atoms with Gasteiger partial charge in [-0.2, -0.15) is 0 Å². The maximum Gasteiger partial charge on any atom is 3.00 e. The Balaban J connectivity index is 0.000000660. The Morgan fingerprint density at radius 1 is 0.685 bits per heavy atom. The van der Waals surface area contributed by atoms with Crippen molar-refractivity contribution in [3.63, 3.8) is 0 Å². The average molecular weight is 815 g/mol. The van der Waals surface area contributed by atoms with Crippen LogP contribution in [-0.4, -0.2) is 57.8 Å². The first-order chi connectivity index (χ1) is 24.6. The monoisotopic (exact) mass is 814 g/mol. The summed E-state index contributed by atoms with van der Waals surface area (Å²) in [5, 5.41) is 26.3. The number of nitrogens with zero attached hydrogens (tertiary/aromatic N) is 6. The predicted octanol–water partition coefficient (Wildman–Crippen LogP) is 1.38. The summed E-state index contributed by atoms with van der Waals surface area (Å²) in [7, 11) is 2.14. The van der Waals surface area contributed by atoms with Crippen molar-refractivity contribution in [2.24, 2.45) is 24.1 Å². The molecule has 2 atom stereocenters. The van der Waals surface area contributed by atoms with Gasteiger partial charge in [0.2, 0.25) is 0 Å². The fourth-order valence-corrected chi connectivity index (χ4v) is 5.23. The van der Waals surface area contributed by atoms with E-state index in [1.165, 1.54) is 0 Å². The number of ether oxygens (including phenoxy) is 2. The van der Waals surface area contributed by atoms with E-state index in [2.05, 4.69) is 9.97 Å². The van der Waals surface area contributed by atoms with Crippen LogP contribution in [0, 0.1) is 10.2 Å². The zero-order chi connectivity index (χ0) is 40.0. The Kier molecular flexibility index (Phi) is 19.4. The van der Waals surface area contributed by atoms with Crippen LogP contribution in [0.4, 0.5) is 0 Å². The Bertz CT molecular complexity index is 1600. The van der Waals surface area contributed by atoms with Crippen molar-refractivity contribution in [3.05, 3.63) is 84.0 Å². The summed E-state index contributed by atoms with van der Waals surface area (Å²) < 4.78 is 48.6. The van der Waals surface area contributed by atoms with E-state index in [0.717, 1.165) is 25.7 Å². The molecule has 0 radical (unpaired) electrons. The molecule has 2 aromatic heterocycles. The maximum atomic E-state index is 13.1. The molecule has 16 heteroatoms. The van der Waals surface area contributed by atoms with Gasteiger partial charge < -0.3 is 28.8 Å². The van der Waals surface area contributed by atoms with Crippen LogP contribution in [0.1, 0.15) is 89.5 Å². The first-order valence-electron chi connectivity index (χ1n) is 16.9. The van der Waals surface area contributed by atoms with Gasteiger partial charge in [-0.25, -0.2) is 28.6 Å². The summed E-state index contributed by atoms with van der Waals surface area (Å²) in [6.45, 7) is 12.1. The summed E-state index contributed by atoms with van der Waals surface area (Å²) in [6.07, 6.45) is 18.0. The minimum atomic E-state index is -4.94. The molecule has 4 aromatic rings. The average Bonchev–Trinajstić information content (AvgIpc) is 3.76. The molecule has 2 heterocycles. The Labute approximate surface area is 331 Å². The number of hydrogen-bond acceptors (Lipinski definition) is 12. The fourth-order valence-electron chi connectivity index (χ4n) is 5.23. The topological polar surface area (TPSA) is 217 Å². The van der Waals surface area contributed by atoms with E-state index < -0.39 is 10.2 Å². The summed E-state index contributed by atoms with van der Waals surface area (Å²) in [5.41, 5.74) is 1.86. The fraction of sp³-hybridized carbons (Fsp3) is 0.474. The summed E-state index contributed by atoms with van der Waals surface area (Å²) in [6, 6.07) is 7.01. The first-order valence-corrected chi connectivity index (χ1v) is 18.2. The van der Waals surface area contributed by atoms with Crippen LogP contribution in [0.25, 0.3) is 0 Å². The Hall–Kier alpha value is -3.96. The molecule has 0 unspecified atom stereocenters. The van der Waals surface area contributed by atoms with Crippen molar-refractivity contribution < 1.29 is 65.3 Å². The van der Waals surface area contributed by atoms with Gasteiger partial charge in [-0.1, -0.05) is 65.9 Å². The van der Waals surface area contributed by atoms with E-state index in [-0.39, 0.29) is 51.2 Å². The number of aliphatic imine (C=N–C) groups is 2. The smallest absolute Gasteiger partial charge is 0.872 e. The quantitative estimate of drug-likeness (QED) is 0.255. The SMILES string of the molecule is COc1cc(C=N[C@@H]2CCCC[C@H]2N=Cc2cc(OC)cc(C(C)(C)C)c2[O-])c([O-])c(C(C)(C)C)c1.Cn1ccnc1.Cn1ccnc1.[Co+3].[O-][Cl+3]([O-])([O-])[O-]. The Morgan fingerprint density at radius 3 is 1.24 bits per heavy atom. The summed E-state index contributed by atoms with van der Waals surface area (Å²) in [5.74, 6) is 1.25. The third kappa shape index (κ3) is 17.0. The standard InChI is InChI=1S/C30H42N2O4.2C4H6N2.ClHO4.Co/c1-29(2,3)23-15-21(35-7)13-19(27(23)33)17-31-25-11-9-10-12-26(25)32-18-20-14-22(36-8)16-24(28(20)34)30(4,5)6;2*1-6-3-2-5-4-6;2-1(3,4)5;/h13-18,25-26,33-34H,9-12H2,1-8H3;2*2-4H,1H3;(H,2,3,4,5);/q;;;;+3/p-3/t25-,26-;;;;/m1..../s1. The second-order valence-electron chi connectivity index (χ2n) is 14.5. The van der Waals surface area contributed by atoms with E-state index in [4.69, 9.17) is 38.1 Å². The van der Waals surface area contributed by atoms with Crippen molar-refractivity contribution in [1.82, 2.24) is 19.1 Å². The molecule has 0 aliphatic heterocycles. The Morgan fingerprint density at radius 2 is 1.02 bits per heavy atom. The molecule has 2 aromatic carbocycles. The number of aromatic nitrogens is 4. The second-order valence-corrected chi connectivity index (χ2v) is 15.3.